The van der Waals surface area contributed by atoms with Crippen LogP contribution in [0.25, 0.3) is 16.7 Å². The summed E-state index contributed by atoms with van der Waals surface area (Å²) in [5.74, 6) is -0.383. The number of carbonyl (C=O) groups is 1. The molecule has 0 saturated heterocycles. The van der Waals surface area contributed by atoms with E-state index in [9.17, 15) is 4.79 Å². The number of hydrogen-bond donors (Lipinski definition) is 1. The molecule has 0 unspecified atom stereocenters. The second-order valence-corrected chi connectivity index (χ2v) is 5.52. The maximum atomic E-state index is 10.7. The average Bonchev–Trinajstić information content (AvgIpc) is 2.47. The molecule has 0 atom stereocenters. The Kier molecular flexibility index (Phi) is 4.59. The van der Waals surface area contributed by atoms with Crippen LogP contribution in [0.3, 0.4) is 0 Å². The summed E-state index contributed by atoms with van der Waals surface area (Å²) >= 11 is 0. The molecule has 0 bridgehead atoms. The van der Waals surface area contributed by atoms with Gasteiger partial charge in [-0.3, -0.25) is 0 Å². The molecule has 0 radical (unpaired) electrons. The van der Waals surface area contributed by atoms with Crippen molar-refractivity contribution in [2.24, 2.45) is 0 Å². The molecule has 0 aromatic heterocycles. The fraction of sp³-hybridized carbons (Fsp3) is 0.211. The van der Waals surface area contributed by atoms with Gasteiger partial charge in [0.1, 0.15) is 0 Å². The lowest BCUT2D eigenvalue weighted by atomic mass is 9.97. The van der Waals surface area contributed by atoms with Crippen molar-refractivity contribution in [1.82, 2.24) is 0 Å². The Hall–Kier alpha value is -2.35. The number of allylic oxidation sites excluding steroid dienone is 1. The minimum Gasteiger partial charge on any atom is -0.478 e. The first-order valence-electron chi connectivity index (χ1n) is 7.09. The molecule has 0 fully saturated rings. The lowest BCUT2D eigenvalue weighted by molar-refractivity contribution is -0.131. The van der Waals surface area contributed by atoms with Crippen molar-refractivity contribution in [3.8, 4) is 11.1 Å². The molecule has 21 heavy (non-hydrogen) atoms. The molecule has 0 aliphatic rings. The van der Waals surface area contributed by atoms with Gasteiger partial charge in [0.15, 0.2) is 0 Å². The Balaban J connectivity index is 2.24. The molecule has 2 heteroatoms. The molecule has 0 saturated carbocycles. The van der Waals surface area contributed by atoms with Gasteiger partial charge in [-0.2, -0.15) is 0 Å². The topological polar surface area (TPSA) is 37.3 Å². The average molecular weight is 280 g/mol. The molecule has 2 nitrogen and oxygen atoms in total. The summed E-state index contributed by atoms with van der Waals surface area (Å²) in [5.41, 5.74) is 5.32. The summed E-state index contributed by atoms with van der Waals surface area (Å²) in [5, 5.41) is 8.77. The molecular formula is C19H20O2. The van der Waals surface area contributed by atoms with Gasteiger partial charge in [-0.25, -0.2) is 4.79 Å². The van der Waals surface area contributed by atoms with Crippen molar-refractivity contribution < 1.29 is 9.90 Å². The van der Waals surface area contributed by atoms with Gasteiger partial charge in [0.2, 0.25) is 0 Å². The summed E-state index contributed by atoms with van der Waals surface area (Å²) in [4.78, 5) is 10.7. The van der Waals surface area contributed by atoms with Gasteiger partial charge < -0.3 is 5.11 Å². The third-order valence-electron chi connectivity index (χ3n) is 3.59. The summed E-state index contributed by atoms with van der Waals surface area (Å²) < 4.78 is 0. The van der Waals surface area contributed by atoms with E-state index in [-0.39, 0.29) is 0 Å². The highest BCUT2D eigenvalue weighted by Crippen LogP contribution is 2.24. The predicted molar refractivity (Wildman–Crippen MR) is 87.3 cm³/mol. The SMILES string of the molecule is CC(=CC(=O)O)c1ccc(-c2ccc(C(C)C)cc2)cc1. The molecule has 1 N–H and O–H groups in total. The molecule has 2 rings (SSSR count). The molecule has 0 amide bonds. The van der Waals surface area contributed by atoms with Crippen LogP contribution in [-0.4, -0.2) is 11.1 Å². The number of benzene rings is 2. The normalized spacial score (nSPS) is 11.7. The zero-order valence-corrected chi connectivity index (χ0v) is 12.6. The van der Waals surface area contributed by atoms with E-state index in [1.165, 1.54) is 17.2 Å². The number of carboxylic acids is 1. The van der Waals surface area contributed by atoms with E-state index < -0.39 is 5.97 Å². The molecule has 0 aliphatic carbocycles. The van der Waals surface area contributed by atoms with Gasteiger partial charge in [0.25, 0.3) is 0 Å². The highest BCUT2D eigenvalue weighted by Gasteiger charge is 2.03. The van der Waals surface area contributed by atoms with E-state index in [0.717, 1.165) is 16.7 Å². The van der Waals surface area contributed by atoms with Gasteiger partial charge in [-0.05, 0) is 40.7 Å². The first-order valence-corrected chi connectivity index (χ1v) is 7.09. The van der Waals surface area contributed by atoms with Crippen molar-refractivity contribution in [3.05, 3.63) is 65.7 Å². The number of aliphatic carboxylic acids is 1. The Morgan fingerprint density at radius 3 is 1.86 bits per heavy atom. The van der Waals surface area contributed by atoms with E-state index >= 15 is 0 Å². The van der Waals surface area contributed by atoms with Gasteiger partial charge in [0.05, 0.1) is 0 Å². The fourth-order valence-electron chi connectivity index (χ4n) is 2.25. The number of rotatable bonds is 4. The summed E-state index contributed by atoms with van der Waals surface area (Å²) in [6.07, 6.45) is 1.23. The lowest BCUT2D eigenvalue weighted by Gasteiger charge is -2.08. The van der Waals surface area contributed by atoms with Crippen molar-refractivity contribution >= 4 is 11.5 Å². The van der Waals surface area contributed by atoms with E-state index in [0.29, 0.717) is 5.92 Å². The van der Waals surface area contributed by atoms with Crippen LogP contribution in [-0.2, 0) is 4.79 Å². The molecule has 2 aromatic rings. The van der Waals surface area contributed by atoms with E-state index in [1.54, 1.807) is 6.92 Å². The number of hydrogen-bond acceptors (Lipinski definition) is 1. The van der Waals surface area contributed by atoms with Crippen LogP contribution in [0, 0.1) is 0 Å². The number of carboxylic acid groups (broad SMARTS) is 1. The Morgan fingerprint density at radius 1 is 0.952 bits per heavy atom. The van der Waals surface area contributed by atoms with Crippen LogP contribution in [0.5, 0.6) is 0 Å². The van der Waals surface area contributed by atoms with Crippen molar-refractivity contribution in [3.63, 3.8) is 0 Å². The largest absolute Gasteiger partial charge is 0.478 e. The van der Waals surface area contributed by atoms with Crippen LogP contribution in [0.4, 0.5) is 0 Å². The van der Waals surface area contributed by atoms with Crippen molar-refractivity contribution in [2.75, 3.05) is 0 Å². The molecular weight excluding hydrogens is 260 g/mol. The fourth-order valence-corrected chi connectivity index (χ4v) is 2.25. The maximum Gasteiger partial charge on any atom is 0.328 e. The van der Waals surface area contributed by atoms with Gasteiger partial charge in [-0.15, -0.1) is 0 Å². The monoisotopic (exact) mass is 280 g/mol. The zero-order valence-electron chi connectivity index (χ0n) is 12.6. The highest BCUT2D eigenvalue weighted by atomic mass is 16.4. The third-order valence-corrected chi connectivity index (χ3v) is 3.59. The minimum atomic E-state index is -0.916. The first-order chi connectivity index (χ1) is 9.97. The van der Waals surface area contributed by atoms with Gasteiger partial charge >= 0.3 is 5.97 Å². The van der Waals surface area contributed by atoms with Crippen LogP contribution in [0.15, 0.2) is 54.6 Å². The molecule has 2 aromatic carbocycles. The molecule has 0 aliphatic heterocycles. The molecule has 0 spiro atoms. The van der Waals surface area contributed by atoms with E-state index in [4.69, 9.17) is 5.11 Å². The van der Waals surface area contributed by atoms with Gasteiger partial charge in [0, 0.05) is 6.08 Å². The van der Waals surface area contributed by atoms with Crippen LogP contribution in [0.2, 0.25) is 0 Å². The Labute approximate surface area is 125 Å². The first kappa shape index (κ1) is 15.0. The quantitative estimate of drug-likeness (QED) is 0.803. The molecule has 0 heterocycles. The van der Waals surface area contributed by atoms with Crippen molar-refractivity contribution in [2.45, 2.75) is 26.7 Å². The smallest absolute Gasteiger partial charge is 0.328 e. The van der Waals surface area contributed by atoms with E-state index in [2.05, 4.69) is 38.1 Å². The minimum absolute atomic E-state index is 0.533. The molecule has 108 valence electrons. The summed E-state index contributed by atoms with van der Waals surface area (Å²) in [7, 11) is 0. The standard InChI is InChI=1S/C19H20O2/c1-13(2)15-4-8-17(9-5-15)18-10-6-16(7-11-18)14(3)12-19(20)21/h4-13H,1-3H3,(H,20,21). The second kappa shape index (κ2) is 6.40. The van der Waals surface area contributed by atoms with Crippen LogP contribution in [0.1, 0.15) is 37.8 Å². The Bertz CT molecular complexity index is 647. The lowest BCUT2D eigenvalue weighted by Crippen LogP contribution is -1.90. The summed E-state index contributed by atoms with van der Waals surface area (Å²) in [6, 6.07) is 16.5. The highest BCUT2D eigenvalue weighted by molar-refractivity contribution is 5.89. The predicted octanol–water partition coefficient (Wildman–Crippen LogP) is 4.96. The Morgan fingerprint density at radius 2 is 1.43 bits per heavy atom. The van der Waals surface area contributed by atoms with Gasteiger partial charge in [-0.1, -0.05) is 62.4 Å². The second-order valence-electron chi connectivity index (χ2n) is 5.52. The summed E-state index contributed by atoms with van der Waals surface area (Å²) in [6.45, 7) is 6.17. The maximum absolute atomic E-state index is 10.7. The van der Waals surface area contributed by atoms with E-state index in [1.807, 2.05) is 24.3 Å². The van der Waals surface area contributed by atoms with Crippen molar-refractivity contribution in [1.29, 1.82) is 0 Å². The van der Waals surface area contributed by atoms with Crippen LogP contribution < -0.4 is 0 Å². The zero-order chi connectivity index (χ0) is 15.4. The van der Waals surface area contributed by atoms with Crippen LogP contribution >= 0.6 is 0 Å². The third kappa shape index (κ3) is 3.82.